The number of carbonyl (C=O) groups is 1. The molecular formula is C18H23N5O3S. The normalized spacial score (nSPS) is 15.6. The van der Waals surface area contributed by atoms with Crippen molar-refractivity contribution >= 4 is 27.4 Å². The highest BCUT2D eigenvalue weighted by atomic mass is 32.2. The molecule has 2 heterocycles. The number of nitrogens with zero attached hydrogens (tertiary/aromatic N) is 4. The van der Waals surface area contributed by atoms with Crippen LogP contribution in [-0.2, 0) is 14.8 Å². The highest BCUT2D eigenvalue weighted by Gasteiger charge is 2.29. The third-order valence-corrected chi connectivity index (χ3v) is 6.36. The molecule has 1 fully saturated rings. The monoisotopic (exact) mass is 389 g/mol. The molecule has 1 N–H and O–H groups in total. The number of sulfonamides is 1. The summed E-state index contributed by atoms with van der Waals surface area (Å²) in [6.45, 7) is 5.51. The number of aromatic nitrogens is 2. The molecule has 0 saturated carbocycles. The number of hydrogen-bond acceptors (Lipinski definition) is 6. The second-order valence-electron chi connectivity index (χ2n) is 6.35. The number of amides is 1. The Hall–Kier alpha value is -2.52. The van der Waals surface area contributed by atoms with Crippen molar-refractivity contribution in [2.24, 2.45) is 0 Å². The van der Waals surface area contributed by atoms with E-state index in [-0.39, 0.29) is 10.8 Å². The molecular weight excluding hydrogens is 366 g/mol. The van der Waals surface area contributed by atoms with Crippen molar-refractivity contribution in [3.8, 4) is 0 Å². The Balaban J connectivity index is 1.66. The number of nitrogens with one attached hydrogen (secondary N) is 1. The Labute approximate surface area is 159 Å². The van der Waals surface area contributed by atoms with Gasteiger partial charge in [-0.3, -0.25) is 4.79 Å². The molecule has 144 valence electrons. The maximum atomic E-state index is 12.9. The van der Waals surface area contributed by atoms with Gasteiger partial charge in [-0.2, -0.15) is 9.40 Å². The lowest BCUT2D eigenvalue weighted by Crippen LogP contribution is -2.49. The van der Waals surface area contributed by atoms with E-state index in [1.54, 1.807) is 19.1 Å². The van der Waals surface area contributed by atoms with Gasteiger partial charge in [0.2, 0.25) is 15.9 Å². The third-order valence-electron chi connectivity index (χ3n) is 4.44. The van der Waals surface area contributed by atoms with Crippen LogP contribution >= 0.6 is 0 Å². The number of benzene rings is 1. The highest BCUT2D eigenvalue weighted by molar-refractivity contribution is 7.89. The van der Waals surface area contributed by atoms with Gasteiger partial charge in [0, 0.05) is 38.3 Å². The largest absolute Gasteiger partial charge is 0.352 e. The number of carbonyl (C=O) groups excluding carboxylic acids is 1. The molecule has 0 aliphatic carbocycles. The maximum absolute atomic E-state index is 12.9. The van der Waals surface area contributed by atoms with Crippen molar-refractivity contribution in [3.05, 3.63) is 42.1 Å². The van der Waals surface area contributed by atoms with Crippen molar-refractivity contribution in [1.29, 1.82) is 0 Å². The van der Waals surface area contributed by atoms with Crippen molar-refractivity contribution in [3.63, 3.8) is 0 Å². The Kier molecular flexibility index (Phi) is 5.71. The van der Waals surface area contributed by atoms with Gasteiger partial charge in [-0.15, -0.1) is 5.10 Å². The Morgan fingerprint density at radius 3 is 2.26 bits per heavy atom. The van der Waals surface area contributed by atoms with Gasteiger partial charge in [0.05, 0.1) is 10.6 Å². The van der Waals surface area contributed by atoms with Crippen LogP contribution < -0.4 is 10.2 Å². The van der Waals surface area contributed by atoms with E-state index >= 15 is 0 Å². The zero-order chi connectivity index (χ0) is 19.4. The Bertz CT molecular complexity index is 890. The van der Waals surface area contributed by atoms with Crippen LogP contribution in [0.4, 0.5) is 11.5 Å². The van der Waals surface area contributed by atoms with Gasteiger partial charge in [0.1, 0.15) is 0 Å². The molecule has 1 aromatic carbocycles. The molecule has 9 heteroatoms. The smallest absolute Gasteiger partial charge is 0.243 e. The predicted molar refractivity (Wildman–Crippen MR) is 103 cm³/mol. The molecule has 1 saturated heterocycles. The first-order chi connectivity index (χ1) is 12.9. The van der Waals surface area contributed by atoms with E-state index in [0.717, 1.165) is 11.5 Å². The van der Waals surface area contributed by atoms with Crippen LogP contribution in [0.5, 0.6) is 0 Å². The summed E-state index contributed by atoms with van der Waals surface area (Å²) >= 11 is 0. The quantitative estimate of drug-likeness (QED) is 0.835. The zero-order valence-corrected chi connectivity index (χ0v) is 16.2. The van der Waals surface area contributed by atoms with Crippen molar-refractivity contribution in [2.75, 3.05) is 36.4 Å². The van der Waals surface area contributed by atoms with Crippen LogP contribution in [0.15, 0.2) is 41.3 Å². The topological polar surface area (TPSA) is 95.5 Å². The first kappa shape index (κ1) is 19.2. The summed E-state index contributed by atoms with van der Waals surface area (Å²) in [5.41, 5.74) is 1.43. The van der Waals surface area contributed by atoms with Gasteiger partial charge < -0.3 is 10.2 Å². The lowest BCUT2D eigenvalue weighted by atomic mass is 10.3. The number of hydrogen-bond donors (Lipinski definition) is 1. The van der Waals surface area contributed by atoms with E-state index in [1.165, 1.54) is 16.4 Å². The number of rotatable bonds is 5. The van der Waals surface area contributed by atoms with Gasteiger partial charge in [-0.1, -0.05) is 6.92 Å². The Morgan fingerprint density at radius 2 is 1.70 bits per heavy atom. The molecule has 0 bridgehead atoms. The average Bonchev–Trinajstić information content (AvgIpc) is 2.69. The third kappa shape index (κ3) is 4.42. The van der Waals surface area contributed by atoms with E-state index in [9.17, 15) is 13.2 Å². The van der Waals surface area contributed by atoms with E-state index in [0.29, 0.717) is 38.3 Å². The van der Waals surface area contributed by atoms with E-state index < -0.39 is 10.0 Å². The molecule has 1 aliphatic heterocycles. The summed E-state index contributed by atoms with van der Waals surface area (Å²) in [6, 6.07) is 10.1. The molecule has 0 spiro atoms. The minimum absolute atomic E-state index is 0.110. The Morgan fingerprint density at radius 1 is 1.04 bits per heavy atom. The minimum atomic E-state index is -3.57. The number of piperazine rings is 1. The van der Waals surface area contributed by atoms with Crippen LogP contribution in [0.3, 0.4) is 0 Å². The SMILES string of the molecule is CCC(=O)Nc1ccc(S(=O)(=O)N2CCN(c3ccc(C)nn3)CC2)cc1. The molecule has 3 rings (SSSR count). The van der Waals surface area contributed by atoms with Crippen LogP contribution in [0.25, 0.3) is 0 Å². The van der Waals surface area contributed by atoms with Crippen LogP contribution in [-0.4, -0.2) is 55.0 Å². The van der Waals surface area contributed by atoms with Gasteiger partial charge in [0.25, 0.3) is 0 Å². The molecule has 2 aromatic rings. The molecule has 1 aliphatic rings. The summed E-state index contributed by atoms with van der Waals surface area (Å²) < 4.78 is 27.2. The van der Waals surface area contributed by atoms with E-state index in [4.69, 9.17) is 0 Å². The van der Waals surface area contributed by atoms with Crippen molar-refractivity contribution in [2.45, 2.75) is 25.2 Å². The van der Waals surface area contributed by atoms with Gasteiger partial charge >= 0.3 is 0 Å². The fraction of sp³-hybridized carbons (Fsp3) is 0.389. The van der Waals surface area contributed by atoms with Gasteiger partial charge in [0.15, 0.2) is 5.82 Å². The van der Waals surface area contributed by atoms with E-state index in [2.05, 4.69) is 15.5 Å². The average molecular weight is 389 g/mol. The fourth-order valence-electron chi connectivity index (χ4n) is 2.83. The molecule has 0 radical (unpaired) electrons. The van der Waals surface area contributed by atoms with Crippen LogP contribution in [0.2, 0.25) is 0 Å². The predicted octanol–water partition coefficient (Wildman–Crippen LogP) is 1.64. The van der Waals surface area contributed by atoms with Crippen molar-refractivity contribution < 1.29 is 13.2 Å². The standard InChI is InChI=1S/C18H23N5O3S/c1-3-18(24)19-15-5-7-16(8-6-15)27(25,26)23-12-10-22(11-13-23)17-9-4-14(2)20-21-17/h4-9H,3,10-13H2,1-2H3,(H,19,24). The molecule has 1 aromatic heterocycles. The zero-order valence-electron chi connectivity index (χ0n) is 15.4. The maximum Gasteiger partial charge on any atom is 0.243 e. The lowest BCUT2D eigenvalue weighted by Gasteiger charge is -2.34. The first-order valence-corrected chi connectivity index (χ1v) is 10.3. The molecule has 0 unspecified atom stereocenters. The summed E-state index contributed by atoms with van der Waals surface area (Å²) in [6.07, 6.45) is 0.371. The highest BCUT2D eigenvalue weighted by Crippen LogP contribution is 2.21. The number of anilines is 2. The summed E-state index contributed by atoms with van der Waals surface area (Å²) in [7, 11) is -3.57. The number of aryl methyl sites for hydroxylation is 1. The second kappa shape index (κ2) is 8.01. The summed E-state index contributed by atoms with van der Waals surface area (Å²) in [4.78, 5) is 13.7. The van der Waals surface area contributed by atoms with Gasteiger partial charge in [-0.25, -0.2) is 8.42 Å². The molecule has 1 amide bonds. The fourth-order valence-corrected chi connectivity index (χ4v) is 4.25. The minimum Gasteiger partial charge on any atom is -0.352 e. The molecule has 8 nitrogen and oxygen atoms in total. The van der Waals surface area contributed by atoms with Gasteiger partial charge in [-0.05, 0) is 43.3 Å². The molecule has 27 heavy (non-hydrogen) atoms. The molecule has 0 atom stereocenters. The summed E-state index contributed by atoms with van der Waals surface area (Å²) in [5.74, 6) is 0.648. The van der Waals surface area contributed by atoms with Crippen LogP contribution in [0.1, 0.15) is 19.0 Å². The second-order valence-corrected chi connectivity index (χ2v) is 8.29. The lowest BCUT2D eigenvalue weighted by molar-refractivity contribution is -0.115. The van der Waals surface area contributed by atoms with Crippen LogP contribution in [0, 0.1) is 6.92 Å². The first-order valence-electron chi connectivity index (χ1n) is 8.85. The van der Waals surface area contributed by atoms with Crippen molar-refractivity contribution in [1.82, 2.24) is 14.5 Å². The van der Waals surface area contributed by atoms with E-state index in [1.807, 2.05) is 24.0 Å². The summed E-state index contributed by atoms with van der Waals surface area (Å²) in [5, 5.41) is 10.9.